The van der Waals surface area contributed by atoms with Crippen LogP contribution in [0, 0.1) is 0 Å². The molecule has 7 nitrogen and oxygen atoms in total. The van der Waals surface area contributed by atoms with Gasteiger partial charge in [0.05, 0.1) is 27.7 Å². The molecule has 1 aromatic carbocycles. The van der Waals surface area contributed by atoms with Crippen LogP contribution >= 0.6 is 11.8 Å². The summed E-state index contributed by atoms with van der Waals surface area (Å²) in [7, 11) is 0. The van der Waals surface area contributed by atoms with Crippen LogP contribution in [-0.2, 0) is 0 Å². The van der Waals surface area contributed by atoms with E-state index in [0.29, 0.717) is 16.2 Å². The first kappa shape index (κ1) is 18.1. The normalized spacial score (nSPS) is 11.8. The van der Waals surface area contributed by atoms with Crippen LogP contribution in [0.4, 0.5) is 13.2 Å². The molecule has 138 valence electrons. The van der Waals surface area contributed by atoms with Gasteiger partial charge in [0.15, 0.2) is 0 Å². The molecule has 0 saturated heterocycles. The summed E-state index contributed by atoms with van der Waals surface area (Å²) < 4.78 is 43.3. The van der Waals surface area contributed by atoms with Crippen molar-refractivity contribution in [3.05, 3.63) is 30.1 Å². The number of carboxylic acid groups (broad SMARTS) is 1. The molecule has 3 aromatic rings. The Kier molecular flexibility index (Phi) is 4.81. The average Bonchev–Trinajstić information content (AvgIpc) is 3.17. The second-order valence-corrected chi connectivity index (χ2v) is 6.39. The van der Waals surface area contributed by atoms with Crippen LogP contribution in [0.25, 0.3) is 17.0 Å². The number of benzene rings is 1. The van der Waals surface area contributed by atoms with Gasteiger partial charge in [0.1, 0.15) is 5.75 Å². The molecular formula is C15H13F3N4O3S. The molecular weight excluding hydrogens is 373 g/mol. The number of H-pyrrole nitrogens is 1. The minimum Gasteiger partial charge on any atom is -0.478 e. The smallest absolute Gasteiger partial charge is 0.478 e. The van der Waals surface area contributed by atoms with Gasteiger partial charge in [-0.25, -0.2) is 14.5 Å². The van der Waals surface area contributed by atoms with Gasteiger partial charge >= 0.3 is 12.3 Å². The van der Waals surface area contributed by atoms with E-state index in [1.54, 1.807) is 0 Å². The third-order valence-corrected chi connectivity index (χ3v) is 4.51. The minimum absolute atomic E-state index is 0.0364. The van der Waals surface area contributed by atoms with E-state index in [1.807, 2.05) is 6.92 Å². The maximum Gasteiger partial charge on any atom is 0.573 e. The maximum absolute atomic E-state index is 12.7. The number of nitrogens with one attached hydrogen (secondary N) is 1. The minimum atomic E-state index is -4.81. The van der Waals surface area contributed by atoms with Crippen molar-refractivity contribution in [2.75, 3.05) is 5.75 Å². The van der Waals surface area contributed by atoms with Crippen molar-refractivity contribution in [3.63, 3.8) is 0 Å². The van der Waals surface area contributed by atoms with E-state index in [2.05, 4.69) is 19.8 Å². The Hall–Kier alpha value is -2.69. The molecule has 26 heavy (non-hydrogen) atoms. The Labute approximate surface area is 149 Å². The SMILES string of the molecule is CCCSc1cc2[nH]c(-n3cc(C(=O)O)cn3)nc2cc1OC(F)(F)F. The number of alkyl halides is 3. The first-order valence-corrected chi connectivity index (χ1v) is 8.46. The highest BCUT2D eigenvalue weighted by molar-refractivity contribution is 7.99. The number of imidazole rings is 1. The van der Waals surface area contributed by atoms with E-state index in [1.165, 1.54) is 34.8 Å². The van der Waals surface area contributed by atoms with Crippen molar-refractivity contribution >= 4 is 28.8 Å². The number of thioether (sulfide) groups is 1. The summed E-state index contributed by atoms with van der Waals surface area (Å²) in [5.41, 5.74) is 0.693. The van der Waals surface area contributed by atoms with Gasteiger partial charge in [0, 0.05) is 12.3 Å². The number of carbonyl (C=O) groups is 1. The fourth-order valence-electron chi connectivity index (χ4n) is 2.19. The van der Waals surface area contributed by atoms with Gasteiger partial charge in [0.2, 0.25) is 5.95 Å². The Morgan fingerprint density at radius 1 is 1.42 bits per heavy atom. The Balaban J connectivity index is 2.03. The number of rotatable bonds is 6. The zero-order chi connectivity index (χ0) is 18.9. The van der Waals surface area contributed by atoms with Crippen LogP contribution in [0.5, 0.6) is 5.75 Å². The van der Waals surface area contributed by atoms with Gasteiger partial charge < -0.3 is 14.8 Å². The van der Waals surface area contributed by atoms with Crippen molar-refractivity contribution in [1.82, 2.24) is 19.7 Å². The topological polar surface area (TPSA) is 93.0 Å². The number of ether oxygens (including phenoxy) is 1. The Bertz CT molecular complexity index is 951. The first-order valence-electron chi connectivity index (χ1n) is 7.47. The molecule has 0 aliphatic rings. The molecule has 2 N–H and O–H groups in total. The van der Waals surface area contributed by atoms with Gasteiger partial charge in [-0.3, -0.25) is 0 Å². The molecule has 0 unspecified atom stereocenters. The number of carboxylic acids is 1. The lowest BCUT2D eigenvalue weighted by molar-refractivity contribution is -0.275. The van der Waals surface area contributed by atoms with Crippen molar-refractivity contribution in [2.24, 2.45) is 0 Å². The van der Waals surface area contributed by atoms with Crippen LogP contribution < -0.4 is 4.74 Å². The highest BCUT2D eigenvalue weighted by Crippen LogP contribution is 2.36. The molecule has 0 fully saturated rings. The molecule has 2 heterocycles. The Morgan fingerprint density at radius 3 is 2.81 bits per heavy atom. The van der Waals surface area contributed by atoms with Gasteiger partial charge in [-0.2, -0.15) is 5.10 Å². The summed E-state index contributed by atoms with van der Waals surface area (Å²) in [6, 6.07) is 2.72. The highest BCUT2D eigenvalue weighted by Gasteiger charge is 2.32. The van der Waals surface area contributed by atoms with Crippen molar-refractivity contribution in [2.45, 2.75) is 24.6 Å². The predicted molar refractivity (Wildman–Crippen MR) is 87.9 cm³/mol. The van der Waals surface area contributed by atoms with Crippen LogP contribution in [-0.4, -0.2) is 42.9 Å². The zero-order valence-corrected chi connectivity index (χ0v) is 14.2. The number of hydrogen-bond donors (Lipinski definition) is 2. The van der Waals surface area contributed by atoms with Crippen LogP contribution in [0.2, 0.25) is 0 Å². The van der Waals surface area contributed by atoms with Crippen molar-refractivity contribution in [3.8, 4) is 11.7 Å². The molecule has 0 bridgehead atoms. The summed E-state index contributed by atoms with van der Waals surface area (Å²) in [5.74, 6) is -0.662. The van der Waals surface area contributed by atoms with Gasteiger partial charge in [0.25, 0.3) is 0 Å². The van der Waals surface area contributed by atoms with Gasteiger partial charge in [-0.05, 0) is 18.2 Å². The largest absolute Gasteiger partial charge is 0.573 e. The fraction of sp³-hybridized carbons (Fsp3) is 0.267. The van der Waals surface area contributed by atoms with Crippen LogP contribution in [0.1, 0.15) is 23.7 Å². The van der Waals surface area contributed by atoms with E-state index in [-0.39, 0.29) is 22.8 Å². The van der Waals surface area contributed by atoms with Crippen molar-refractivity contribution in [1.29, 1.82) is 0 Å². The number of aromatic amines is 1. The molecule has 0 aliphatic carbocycles. The zero-order valence-electron chi connectivity index (χ0n) is 13.4. The van der Waals surface area contributed by atoms with E-state index >= 15 is 0 Å². The summed E-state index contributed by atoms with van der Waals surface area (Å²) in [6.45, 7) is 1.92. The maximum atomic E-state index is 12.7. The monoisotopic (exact) mass is 386 g/mol. The predicted octanol–water partition coefficient (Wildman–Crippen LogP) is 3.85. The number of hydrogen-bond acceptors (Lipinski definition) is 5. The lowest BCUT2D eigenvalue weighted by Gasteiger charge is -2.12. The third-order valence-electron chi connectivity index (χ3n) is 3.27. The van der Waals surface area contributed by atoms with Crippen LogP contribution in [0.3, 0.4) is 0 Å². The van der Waals surface area contributed by atoms with E-state index < -0.39 is 12.3 Å². The third kappa shape index (κ3) is 3.93. The van der Waals surface area contributed by atoms with Crippen molar-refractivity contribution < 1.29 is 27.8 Å². The summed E-state index contributed by atoms with van der Waals surface area (Å²) in [4.78, 5) is 18.3. The first-order chi connectivity index (χ1) is 12.3. The molecule has 11 heteroatoms. The summed E-state index contributed by atoms with van der Waals surface area (Å²) >= 11 is 1.24. The van der Waals surface area contributed by atoms with Gasteiger partial charge in [-0.1, -0.05) is 6.92 Å². The number of aromatic carboxylic acids is 1. The average molecular weight is 386 g/mol. The molecule has 0 amide bonds. The molecule has 0 radical (unpaired) electrons. The number of fused-ring (bicyclic) bond motifs is 1. The standard InChI is InChI=1S/C15H13F3N4O3S/c1-2-3-26-12-5-10-9(4-11(12)25-15(16,17)18)20-14(21-10)22-7-8(6-19-22)13(23)24/h4-7H,2-3H2,1H3,(H,20,21)(H,23,24). The molecule has 0 aliphatic heterocycles. The summed E-state index contributed by atoms with van der Waals surface area (Å²) in [5, 5.41) is 12.8. The molecule has 2 aromatic heterocycles. The van der Waals surface area contributed by atoms with Crippen LogP contribution in [0.15, 0.2) is 29.4 Å². The summed E-state index contributed by atoms with van der Waals surface area (Å²) in [6.07, 6.45) is -1.63. The number of halogens is 3. The lowest BCUT2D eigenvalue weighted by Crippen LogP contribution is -2.17. The Morgan fingerprint density at radius 2 is 2.19 bits per heavy atom. The number of aromatic nitrogens is 4. The van der Waals surface area contributed by atoms with E-state index in [9.17, 15) is 18.0 Å². The fourth-order valence-corrected chi connectivity index (χ4v) is 3.06. The van der Waals surface area contributed by atoms with E-state index in [0.717, 1.165) is 12.6 Å². The van der Waals surface area contributed by atoms with E-state index in [4.69, 9.17) is 5.11 Å². The quantitative estimate of drug-likeness (QED) is 0.625. The number of nitrogens with zero attached hydrogens (tertiary/aromatic N) is 3. The molecule has 0 atom stereocenters. The van der Waals surface area contributed by atoms with Gasteiger partial charge in [-0.15, -0.1) is 24.9 Å². The highest BCUT2D eigenvalue weighted by atomic mass is 32.2. The molecule has 0 saturated carbocycles. The second-order valence-electron chi connectivity index (χ2n) is 5.25. The molecule has 3 rings (SSSR count). The molecule has 0 spiro atoms. The second kappa shape index (κ2) is 6.90. The lowest BCUT2D eigenvalue weighted by atomic mass is 10.3.